The van der Waals surface area contributed by atoms with Gasteiger partial charge in [0.25, 0.3) is 5.56 Å². The van der Waals surface area contributed by atoms with E-state index < -0.39 is 0 Å². The lowest BCUT2D eigenvalue weighted by molar-refractivity contribution is 0.622. The fraction of sp³-hybridized carbons (Fsp3) is 0.333. The predicted octanol–water partition coefficient (Wildman–Crippen LogP) is 3.13. The van der Waals surface area contributed by atoms with Gasteiger partial charge in [-0.2, -0.15) is 10.1 Å². The number of hydrogen-bond acceptors (Lipinski definition) is 7. The van der Waals surface area contributed by atoms with Crippen molar-refractivity contribution in [1.29, 1.82) is 0 Å². The first-order valence-electron chi connectivity index (χ1n) is 8.97. The molecule has 0 fully saturated rings. The highest BCUT2D eigenvalue weighted by Crippen LogP contribution is 2.37. The smallest absolute Gasteiger partial charge is 0.266 e. The zero-order chi connectivity index (χ0) is 19.8. The Labute approximate surface area is 169 Å². The van der Waals surface area contributed by atoms with Crippen LogP contribution in [0.15, 0.2) is 22.4 Å². The fourth-order valence-electron chi connectivity index (χ4n) is 3.19. The first-order valence-corrected chi connectivity index (χ1v) is 10.2. The van der Waals surface area contributed by atoms with E-state index in [0.717, 1.165) is 23.1 Å². The third-order valence-electron chi connectivity index (χ3n) is 4.68. The molecular weight excluding hydrogens is 398 g/mol. The van der Waals surface area contributed by atoms with E-state index in [0.29, 0.717) is 39.8 Å². The van der Waals surface area contributed by atoms with Gasteiger partial charge in [0.2, 0.25) is 5.95 Å². The molecule has 0 aliphatic rings. The first kappa shape index (κ1) is 18.9. The van der Waals surface area contributed by atoms with Gasteiger partial charge in [-0.3, -0.25) is 14.5 Å². The third kappa shape index (κ3) is 3.15. The standard InChI is InChI=1S/C18H20ClN7OS/c1-3-4-9(20)7-21-18-23-16-12(17(27)26(18)2)14(24-25-16)10-5-6-11-15(13(10)19)28-8-22-11/h5-6,8-9H,3-4,7,20H2,1-2H3,(H2,21,23,24,25)/t9-/m0/s1. The molecule has 4 rings (SSSR count). The SMILES string of the molecule is CCC[C@H](N)CNc1nc2[nH]nc(-c3ccc4ncsc4c3Cl)c2c(=O)n1C. The highest BCUT2D eigenvalue weighted by Gasteiger charge is 2.20. The van der Waals surface area contributed by atoms with Gasteiger partial charge in [0, 0.05) is 25.2 Å². The lowest BCUT2D eigenvalue weighted by Crippen LogP contribution is -2.31. The molecule has 4 N–H and O–H groups in total. The molecule has 1 aromatic carbocycles. The fourth-order valence-corrected chi connectivity index (χ4v) is 4.30. The second-order valence-corrected chi connectivity index (χ2v) is 7.89. The number of nitrogens with zero attached hydrogens (tertiary/aromatic N) is 4. The molecule has 0 unspecified atom stereocenters. The van der Waals surface area contributed by atoms with Crippen LogP contribution in [0, 0.1) is 0 Å². The summed E-state index contributed by atoms with van der Waals surface area (Å²) in [6, 6.07) is 3.70. The van der Waals surface area contributed by atoms with Crippen molar-refractivity contribution in [3.05, 3.63) is 33.0 Å². The number of nitrogens with one attached hydrogen (secondary N) is 2. The van der Waals surface area contributed by atoms with Crippen LogP contribution in [0.4, 0.5) is 5.95 Å². The topological polar surface area (TPSA) is 115 Å². The summed E-state index contributed by atoms with van der Waals surface area (Å²) in [5.74, 6) is 0.447. The maximum Gasteiger partial charge on any atom is 0.266 e. The molecule has 8 nitrogen and oxygen atoms in total. The molecule has 1 atom stereocenters. The van der Waals surface area contributed by atoms with Crippen molar-refractivity contribution >= 4 is 50.1 Å². The maximum atomic E-state index is 13.0. The highest BCUT2D eigenvalue weighted by atomic mass is 35.5. The van der Waals surface area contributed by atoms with Crippen molar-refractivity contribution in [2.75, 3.05) is 11.9 Å². The summed E-state index contributed by atoms with van der Waals surface area (Å²) in [5.41, 5.74) is 9.97. The van der Waals surface area contributed by atoms with Crippen LogP contribution in [0.2, 0.25) is 5.02 Å². The summed E-state index contributed by atoms with van der Waals surface area (Å²) in [6.07, 6.45) is 1.90. The zero-order valence-corrected chi connectivity index (χ0v) is 17.1. The number of aromatic amines is 1. The average Bonchev–Trinajstić information content (AvgIpc) is 3.31. The van der Waals surface area contributed by atoms with E-state index in [4.69, 9.17) is 17.3 Å². The zero-order valence-electron chi connectivity index (χ0n) is 15.5. The summed E-state index contributed by atoms with van der Waals surface area (Å²) in [7, 11) is 1.67. The van der Waals surface area contributed by atoms with Crippen LogP contribution in [-0.2, 0) is 7.05 Å². The van der Waals surface area contributed by atoms with Gasteiger partial charge < -0.3 is 11.1 Å². The number of rotatable bonds is 6. The quantitative estimate of drug-likeness (QED) is 0.444. The Hall–Kier alpha value is -2.49. The number of halogens is 1. The molecule has 0 saturated carbocycles. The molecule has 28 heavy (non-hydrogen) atoms. The molecule has 0 aliphatic heterocycles. The van der Waals surface area contributed by atoms with Gasteiger partial charge in [0.1, 0.15) is 11.1 Å². The van der Waals surface area contributed by atoms with Crippen molar-refractivity contribution in [2.45, 2.75) is 25.8 Å². The monoisotopic (exact) mass is 417 g/mol. The Kier molecular flexibility index (Phi) is 5.05. The number of H-pyrrole nitrogens is 1. The largest absolute Gasteiger partial charge is 0.354 e. The number of nitrogens with two attached hydrogens (primary N) is 1. The van der Waals surface area contributed by atoms with E-state index in [2.05, 4.69) is 32.4 Å². The normalized spacial score (nSPS) is 12.7. The Bertz CT molecular complexity index is 1210. The second-order valence-electron chi connectivity index (χ2n) is 6.65. The van der Waals surface area contributed by atoms with Crippen LogP contribution < -0.4 is 16.6 Å². The minimum atomic E-state index is -0.208. The Balaban J connectivity index is 1.79. The highest BCUT2D eigenvalue weighted by molar-refractivity contribution is 7.17. The van der Waals surface area contributed by atoms with Gasteiger partial charge >= 0.3 is 0 Å². The average molecular weight is 418 g/mol. The molecule has 0 amide bonds. The van der Waals surface area contributed by atoms with Crippen molar-refractivity contribution in [1.82, 2.24) is 24.7 Å². The van der Waals surface area contributed by atoms with Crippen molar-refractivity contribution in [3.8, 4) is 11.3 Å². The van der Waals surface area contributed by atoms with Gasteiger partial charge in [-0.25, -0.2) is 4.98 Å². The molecule has 146 valence electrons. The molecule has 0 saturated heterocycles. The van der Waals surface area contributed by atoms with Gasteiger partial charge in [-0.15, -0.1) is 11.3 Å². The molecule has 10 heteroatoms. The van der Waals surface area contributed by atoms with Crippen molar-refractivity contribution < 1.29 is 0 Å². The lowest BCUT2D eigenvalue weighted by Gasteiger charge is -2.14. The van der Waals surface area contributed by atoms with E-state index in [1.165, 1.54) is 15.9 Å². The van der Waals surface area contributed by atoms with E-state index in [1.54, 1.807) is 12.6 Å². The van der Waals surface area contributed by atoms with Gasteiger partial charge in [0.05, 0.1) is 20.7 Å². The molecule has 0 bridgehead atoms. The summed E-state index contributed by atoms with van der Waals surface area (Å²) >= 11 is 8.03. The van der Waals surface area contributed by atoms with E-state index in [9.17, 15) is 4.79 Å². The summed E-state index contributed by atoms with van der Waals surface area (Å²) in [5, 5.41) is 11.3. The van der Waals surface area contributed by atoms with E-state index >= 15 is 0 Å². The van der Waals surface area contributed by atoms with Gasteiger partial charge in [-0.1, -0.05) is 24.9 Å². The van der Waals surface area contributed by atoms with Crippen molar-refractivity contribution in [2.24, 2.45) is 12.8 Å². The van der Waals surface area contributed by atoms with Crippen molar-refractivity contribution in [3.63, 3.8) is 0 Å². The van der Waals surface area contributed by atoms with Gasteiger partial charge in [0.15, 0.2) is 5.65 Å². The lowest BCUT2D eigenvalue weighted by atomic mass is 10.1. The Morgan fingerprint density at radius 3 is 3.04 bits per heavy atom. The third-order valence-corrected chi connectivity index (χ3v) is 6.04. The molecule has 0 spiro atoms. The summed E-state index contributed by atoms with van der Waals surface area (Å²) < 4.78 is 2.34. The second kappa shape index (κ2) is 7.50. The number of benzene rings is 1. The maximum absolute atomic E-state index is 13.0. The predicted molar refractivity (Wildman–Crippen MR) is 114 cm³/mol. The number of hydrogen-bond donors (Lipinski definition) is 3. The minimum absolute atomic E-state index is 0.000124. The number of aromatic nitrogens is 5. The Morgan fingerprint density at radius 2 is 2.25 bits per heavy atom. The van der Waals surface area contributed by atoms with E-state index in [1.807, 2.05) is 12.1 Å². The molecule has 0 radical (unpaired) electrons. The first-order chi connectivity index (χ1) is 13.5. The number of anilines is 1. The number of fused-ring (bicyclic) bond motifs is 2. The van der Waals surface area contributed by atoms with Crippen LogP contribution in [0.5, 0.6) is 0 Å². The van der Waals surface area contributed by atoms with Crippen LogP contribution in [-0.4, -0.2) is 37.3 Å². The van der Waals surface area contributed by atoms with Crippen LogP contribution in [0.1, 0.15) is 19.8 Å². The summed E-state index contributed by atoms with van der Waals surface area (Å²) in [6.45, 7) is 2.62. The number of thiazole rings is 1. The minimum Gasteiger partial charge on any atom is -0.354 e. The Morgan fingerprint density at radius 1 is 1.43 bits per heavy atom. The molecule has 3 aromatic heterocycles. The summed E-state index contributed by atoms with van der Waals surface area (Å²) in [4.78, 5) is 21.8. The molecule has 0 aliphatic carbocycles. The molecule has 3 heterocycles. The van der Waals surface area contributed by atoms with Crippen LogP contribution in [0.25, 0.3) is 32.5 Å². The molecule has 4 aromatic rings. The van der Waals surface area contributed by atoms with Gasteiger partial charge in [-0.05, 0) is 18.6 Å². The van der Waals surface area contributed by atoms with Crippen LogP contribution in [0.3, 0.4) is 0 Å². The molecular formula is C18H20ClN7OS. The van der Waals surface area contributed by atoms with Crippen LogP contribution >= 0.6 is 22.9 Å². The van der Waals surface area contributed by atoms with E-state index in [-0.39, 0.29) is 11.6 Å².